The van der Waals surface area contributed by atoms with Gasteiger partial charge >= 0.3 is 5.97 Å². The molecule has 0 N–H and O–H groups in total. The molecule has 2 aromatic rings. The second-order valence-corrected chi connectivity index (χ2v) is 8.02. The highest BCUT2D eigenvalue weighted by Crippen LogP contribution is 2.19. The zero-order chi connectivity index (χ0) is 18.8. The standard InChI is InChI=1S/C17H22N2O5S/c1-11(2)19(5)25(21,22)15-8-6-7-14(9-15)17(20)23-10-16-12(3)18-24-13(16)4/h6-9,11H,10H2,1-5H3. The molecule has 1 heterocycles. The monoisotopic (exact) mass is 366 g/mol. The summed E-state index contributed by atoms with van der Waals surface area (Å²) in [6.07, 6.45) is 0. The van der Waals surface area contributed by atoms with E-state index in [9.17, 15) is 13.2 Å². The van der Waals surface area contributed by atoms with Crippen molar-refractivity contribution in [2.45, 2.75) is 45.2 Å². The fraction of sp³-hybridized carbons (Fsp3) is 0.412. The molecule has 7 nitrogen and oxygen atoms in total. The fourth-order valence-corrected chi connectivity index (χ4v) is 3.57. The van der Waals surface area contributed by atoms with Crippen molar-refractivity contribution in [1.82, 2.24) is 9.46 Å². The molecule has 25 heavy (non-hydrogen) atoms. The third kappa shape index (κ3) is 4.08. The van der Waals surface area contributed by atoms with E-state index in [2.05, 4.69) is 5.16 Å². The average Bonchev–Trinajstić information content (AvgIpc) is 2.90. The molecule has 0 radical (unpaired) electrons. The van der Waals surface area contributed by atoms with Crippen molar-refractivity contribution >= 4 is 16.0 Å². The Balaban J connectivity index is 2.19. The van der Waals surface area contributed by atoms with Crippen molar-refractivity contribution < 1.29 is 22.5 Å². The van der Waals surface area contributed by atoms with Gasteiger partial charge in [0.05, 0.1) is 21.7 Å². The van der Waals surface area contributed by atoms with Crippen LogP contribution in [0.5, 0.6) is 0 Å². The minimum atomic E-state index is -3.67. The van der Waals surface area contributed by atoms with E-state index in [0.717, 1.165) is 0 Å². The quantitative estimate of drug-likeness (QED) is 0.730. The summed E-state index contributed by atoms with van der Waals surface area (Å²) in [5, 5.41) is 3.80. The van der Waals surface area contributed by atoms with Crippen LogP contribution in [0.2, 0.25) is 0 Å². The molecule has 0 bridgehead atoms. The molecule has 0 atom stereocenters. The number of ether oxygens (including phenoxy) is 1. The van der Waals surface area contributed by atoms with Crippen LogP contribution in [0.15, 0.2) is 33.7 Å². The molecule has 1 aromatic heterocycles. The lowest BCUT2D eigenvalue weighted by atomic mass is 10.2. The number of carbonyl (C=O) groups excluding carboxylic acids is 1. The van der Waals surface area contributed by atoms with Crippen molar-refractivity contribution in [3.8, 4) is 0 Å². The molecule has 0 fully saturated rings. The van der Waals surface area contributed by atoms with Crippen LogP contribution >= 0.6 is 0 Å². The second-order valence-electron chi connectivity index (χ2n) is 6.02. The average molecular weight is 366 g/mol. The van der Waals surface area contributed by atoms with Crippen molar-refractivity contribution in [2.75, 3.05) is 7.05 Å². The van der Waals surface area contributed by atoms with Crippen LogP contribution in [0.1, 0.15) is 41.2 Å². The predicted molar refractivity (Wildman–Crippen MR) is 91.6 cm³/mol. The minimum absolute atomic E-state index is 0.0167. The highest BCUT2D eigenvalue weighted by molar-refractivity contribution is 7.89. The van der Waals surface area contributed by atoms with Crippen LogP contribution in [-0.4, -0.2) is 36.9 Å². The van der Waals surface area contributed by atoms with E-state index < -0.39 is 16.0 Å². The first kappa shape index (κ1) is 19.1. The third-order valence-electron chi connectivity index (χ3n) is 4.00. The molecular formula is C17H22N2O5S. The molecule has 0 aliphatic rings. The molecule has 8 heteroatoms. The van der Waals surface area contributed by atoms with Gasteiger partial charge < -0.3 is 9.26 Å². The number of hydrogen-bond donors (Lipinski definition) is 0. The summed E-state index contributed by atoms with van der Waals surface area (Å²) >= 11 is 0. The van der Waals surface area contributed by atoms with Crippen LogP contribution in [0.3, 0.4) is 0 Å². The first-order valence-corrected chi connectivity index (χ1v) is 9.25. The van der Waals surface area contributed by atoms with Crippen LogP contribution in [-0.2, 0) is 21.4 Å². The first-order valence-electron chi connectivity index (χ1n) is 7.81. The van der Waals surface area contributed by atoms with E-state index in [1.165, 1.54) is 35.6 Å². The van der Waals surface area contributed by atoms with Crippen LogP contribution < -0.4 is 0 Å². The molecule has 2 rings (SSSR count). The highest BCUT2D eigenvalue weighted by atomic mass is 32.2. The Labute approximate surface area is 147 Å². The summed E-state index contributed by atoms with van der Waals surface area (Å²) in [7, 11) is -2.16. The van der Waals surface area contributed by atoms with E-state index in [1.807, 2.05) is 0 Å². The maximum Gasteiger partial charge on any atom is 0.338 e. The Morgan fingerprint density at radius 2 is 2.00 bits per heavy atom. The maximum atomic E-state index is 12.5. The third-order valence-corrected chi connectivity index (χ3v) is 6.03. The SMILES string of the molecule is Cc1noc(C)c1COC(=O)c1cccc(S(=O)(=O)N(C)C(C)C)c1. The van der Waals surface area contributed by atoms with E-state index in [4.69, 9.17) is 9.26 Å². The van der Waals surface area contributed by atoms with Gasteiger partial charge in [0.1, 0.15) is 12.4 Å². The molecule has 0 saturated heterocycles. The number of esters is 1. The van der Waals surface area contributed by atoms with Crippen LogP contribution in [0.4, 0.5) is 0 Å². The summed E-state index contributed by atoms with van der Waals surface area (Å²) in [5.41, 5.74) is 1.53. The number of aryl methyl sites for hydroxylation is 2. The van der Waals surface area contributed by atoms with E-state index in [-0.39, 0.29) is 23.1 Å². The van der Waals surface area contributed by atoms with Gasteiger partial charge in [-0.2, -0.15) is 4.31 Å². The molecule has 0 aliphatic carbocycles. The Morgan fingerprint density at radius 1 is 1.32 bits per heavy atom. The smallest absolute Gasteiger partial charge is 0.338 e. The second kappa shape index (κ2) is 7.37. The molecular weight excluding hydrogens is 344 g/mol. The van der Waals surface area contributed by atoms with E-state index in [1.54, 1.807) is 27.7 Å². The number of rotatable bonds is 6. The van der Waals surface area contributed by atoms with Gasteiger partial charge in [0.25, 0.3) is 0 Å². The summed E-state index contributed by atoms with van der Waals surface area (Å²) < 4.78 is 36.6. The van der Waals surface area contributed by atoms with Crippen molar-refractivity contribution in [1.29, 1.82) is 0 Å². The van der Waals surface area contributed by atoms with Gasteiger partial charge in [-0.05, 0) is 45.9 Å². The molecule has 0 unspecified atom stereocenters. The van der Waals surface area contributed by atoms with Crippen molar-refractivity contribution in [3.63, 3.8) is 0 Å². The molecule has 1 aromatic carbocycles. The Kier molecular flexibility index (Phi) is 5.64. The topological polar surface area (TPSA) is 89.7 Å². The summed E-state index contributed by atoms with van der Waals surface area (Å²) in [5.74, 6) is -0.0237. The molecule has 0 amide bonds. The van der Waals surface area contributed by atoms with Crippen LogP contribution in [0, 0.1) is 13.8 Å². The number of sulfonamides is 1. The van der Waals surface area contributed by atoms with Gasteiger partial charge in [-0.15, -0.1) is 0 Å². The number of aromatic nitrogens is 1. The zero-order valence-corrected chi connectivity index (χ0v) is 15.8. The Bertz CT molecular complexity index is 851. The van der Waals surface area contributed by atoms with E-state index >= 15 is 0 Å². The predicted octanol–water partition coefficient (Wildman–Crippen LogP) is 2.68. The lowest BCUT2D eigenvalue weighted by Gasteiger charge is -2.21. The van der Waals surface area contributed by atoms with Gasteiger partial charge in [-0.1, -0.05) is 11.2 Å². The molecule has 0 spiro atoms. The maximum absolute atomic E-state index is 12.5. The van der Waals surface area contributed by atoms with Gasteiger partial charge in [-0.3, -0.25) is 0 Å². The largest absolute Gasteiger partial charge is 0.457 e. The summed E-state index contributed by atoms with van der Waals surface area (Å²) in [6, 6.07) is 5.63. The number of hydrogen-bond acceptors (Lipinski definition) is 6. The zero-order valence-electron chi connectivity index (χ0n) is 14.9. The Morgan fingerprint density at radius 3 is 2.56 bits per heavy atom. The molecule has 136 valence electrons. The first-order chi connectivity index (χ1) is 11.6. The fourth-order valence-electron chi connectivity index (χ4n) is 2.16. The van der Waals surface area contributed by atoms with Gasteiger partial charge in [0.2, 0.25) is 10.0 Å². The van der Waals surface area contributed by atoms with Gasteiger partial charge in [0, 0.05) is 13.1 Å². The molecule has 0 saturated carbocycles. The summed E-state index contributed by atoms with van der Waals surface area (Å²) in [4.78, 5) is 12.3. The Hall–Kier alpha value is -2.19. The van der Waals surface area contributed by atoms with Gasteiger partial charge in [0.15, 0.2) is 0 Å². The molecule has 0 aliphatic heterocycles. The highest BCUT2D eigenvalue weighted by Gasteiger charge is 2.24. The van der Waals surface area contributed by atoms with Crippen molar-refractivity contribution in [2.24, 2.45) is 0 Å². The lowest BCUT2D eigenvalue weighted by Crippen LogP contribution is -2.33. The normalized spacial score (nSPS) is 12.0. The van der Waals surface area contributed by atoms with Gasteiger partial charge in [-0.25, -0.2) is 13.2 Å². The van der Waals surface area contributed by atoms with E-state index in [0.29, 0.717) is 17.0 Å². The lowest BCUT2D eigenvalue weighted by molar-refractivity contribution is 0.0470. The van der Waals surface area contributed by atoms with Crippen molar-refractivity contribution in [3.05, 3.63) is 46.8 Å². The number of carbonyl (C=O) groups is 1. The van der Waals surface area contributed by atoms with Crippen LogP contribution in [0.25, 0.3) is 0 Å². The number of nitrogens with zero attached hydrogens (tertiary/aromatic N) is 2. The number of benzene rings is 1. The summed E-state index contributed by atoms with van der Waals surface area (Å²) in [6.45, 7) is 7.06. The minimum Gasteiger partial charge on any atom is -0.457 e.